The Morgan fingerprint density at radius 1 is 1.19 bits per heavy atom. The van der Waals surface area contributed by atoms with E-state index in [4.69, 9.17) is 4.98 Å². The van der Waals surface area contributed by atoms with Gasteiger partial charge in [-0.25, -0.2) is 4.98 Å². The first-order valence-electron chi connectivity index (χ1n) is 9.88. The molecule has 0 atom stereocenters. The zero-order chi connectivity index (χ0) is 17.9. The van der Waals surface area contributed by atoms with E-state index in [0.29, 0.717) is 6.04 Å². The lowest BCUT2D eigenvalue weighted by Gasteiger charge is -2.32. The van der Waals surface area contributed by atoms with Gasteiger partial charge in [-0.1, -0.05) is 31.1 Å². The summed E-state index contributed by atoms with van der Waals surface area (Å²) in [6.45, 7) is 6.40. The van der Waals surface area contributed by atoms with Crippen LogP contribution in [0.4, 0.5) is 5.95 Å². The highest BCUT2D eigenvalue weighted by atomic mass is 16.1. The van der Waals surface area contributed by atoms with Gasteiger partial charge in [0.2, 0.25) is 11.9 Å². The minimum atomic E-state index is 0.143. The van der Waals surface area contributed by atoms with Crippen LogP contribution in [0.1, 0.15) is 38.5 Å². The van der Waals surface area contributed by atoms with E-state index in [9.17, 15) is 4.79 Å². The Morgan fingerprint density at radius 3 is 2.65 bits per heavy atom. The summed E-state index contributed by atoms with van der Waals surface area (Å²) in [6.07, 6.45) is 8.52. The summed E-state index contributed by atoms with van der Waals surface area (Å²) in [5.74, 6) is 1.40. The summed E-state index contributed by atoms with van der Waals surface area (Å²) in [4.78, 5) is 19.7. The first kappa shape index (κ1) is 17.1. The summed E-state index contributed by atoms with van der Waals surface area (Å²) in [7, 11) is 0. The van der Waals surface area contributed by atoms with Gasteiger partial charge in [-0.05, 0) is 37.8 Å². The molecule has 5 nitrogen and oxygen atoms in total. The third kappa shape index (κ3) is 3.35. The molecule has 1 aliphatic heterocycles. The van der Waals surface area contributed by atoms with Gasteiger partial charge in [0.1, 0.15) is 0 Å². The number of amides is 1. The number of aromatic nitrogens is 2. The lowest BCUT2D eigenvalue weighted by molar-refractivity contribution is -0.126. The number of hydrogen-bond donors (Lipinski definition) is 1. The smallest absolute Gasteiger partial charge is 0.223 e. The van der Waals surface area contributed by atoms with E-state index in [1.54, 1.807) is 0 Å². The third-order valence-corrected chi connectivity index (χ3v) is 5.80. The highest BCUT2D eigenvalue weighted by Gasteiger charge is 2.29. The molecule has 2 aromatic rings. The summed E-state index contributed by atoms with van der Waals surface area (Å²) >= 11 is 0. The SMILES string of the molecule is C=CCn1c(N2CCC(C(=O)NC3CCCC3)CC2)nc2ccccc21. The number of allylic oxidation sites excluding steroid dienone is 1. The van der Waals surface area contributed by atoms with Gasteiger partial charge in [0.15, 0.2) is 0 Å². The van der Waals surface area contributed by atoms with Crippen LogP contribution in [0.3, 0.4) is 0 Å². The van der Waals surface area contributed by atoms with Crippen molar-refractivity contribution in [1.29, 1.82) is 0 Å². The number of rotatable bonds is 5. The number of hydrogen-bond acceptors (Lipinski definition) is 3. The first-order valence-corrected chi connectivity index (χ1v) is 9.88. The van der Waals surface area contributed by atoms with Gasteiger partial charge >= 0.3 is 0 Å². The van der Waals surface area contributed by atoms with Crippen molar-refractivity contribution >= 4 is 22.9 Å². The molecule has 4 rings (SSSR count). The molecule has 1 aromatic heterocycles. The maximum atomic E-state index is 12.5. The summed E-state index contributed by atoms with van der Waals surface area (Å²) in [5, 5.41) is 3.26. The molecule has 2 aliphatic rings. The van der Waals surface area contributed by atoms with Crippen molar-refractivity contribution in [1.82, 2.24) is 14.9 Å². The molecule has 1 amide bonds. The molecule has 26 heavy (non-hydrogen) atoms. The van der Waals surface area contributed by atoms with Crippen LogP contribution in [-0.4, -0.2) is 34.6 Å². The average Bonchev–Trinajstić information content (AvgIpc) is 3.30. The summed E-state index contributed by atoms with van der Waals surface area (Å²) in [5.41, 5.74) is 2.16. The highest BCUT2D eigenvalue weighted by molar-refractivity contribution is 5.80. The van der Waals surface area contributed by atoms with Crippen LogP contribution in [-0.2, 0) is 11.3 Å². The van der Waals surface area contributed by atoms with Crippen molar-refractivity contribution in [2.45, 2.75) is 51.1 Å². The molecule has 1 aromatic carbocycles. The van der Waals surface area contributed by atoms with E-state index in [2.05, 4.69) is 33.5 Å². The van der Waals surface area contributed by atoms with Gasteiger partial charge < -0.3 is 14.8 Å². The second-order valence-corrected chi connectivity index (χ2v) is 7.55. The number of fused-ring (bicyclic) bond motifs is 1. The molecular formula is C21H28N4O. The molecule has 2 heterocycles. The Balaban J connectivity index is 1.44. The van der Waals surface area contributed by atoms with E-state index in [0.717, 1.165) is 62.3 Å². The van der Waals surface area contributed by atoms with Crippen LogP contribution < -0.4 is 10.2 Å². The first-order chi connectivity index (χ1) is 12.8. The molecule has 0 spiro atoms. The number of carbonyl (C=O) groups excluding carboxylic acids is 1. The molecule has 138 valence electrons. The number of carbonyl (C=O) groups is 1. The quantitative estimate of drug-likeness (QED) is 0.838. The minimum absolute atomic E-state index is 0.143. The van der Waals surface area contributed by atoms with Crippen LogP contribution in [0.5, 0.6) is 0 Å². The Labute approximate surface area is 155 Å². The number of para-hydroxylation sites is 2. The predicted octanol–water partition coefficient (Wildman–Crippen LogP) is 3.50. The van der Waals surface area contributed by atoms with Gasteiger partial charge in [-0.3, -0.25) is 4.79 Å². The Hall–Kier alpha value is -2.30. The second-order valence-electron chi connectivity index (χ2n) is 7.55. The van der Waals surface area contributed by atoms with E-state index < -0.39 is 0 Å². The normalized spacial score (nSPS) is 19.2. The molecule has 1 saturated carbocycles. The van der Waals surface area contributed by atoms with Crippen LogP contribution >= 0.6 is 0 Å². The van der Waals surface area contributed by atoms with Gasteiger partial charge in [0.25, 0.3) is 0 Å². The largest absolute Gasteiger partial charge is 0.353 e. The molecule has 0 unspecified atom stereocenters. The zero-order valence-electron chi connectivity index (χ0n) is 15.4. The summed E-state index contributed by atoms with van der Waals surface area (Å²) < 4.78 is 2.22. The van der Waals surface area contributed by atoms with Crippen molar-refractivity contribution < 1.29 is 4.79 Å². The van der Waals surface area contributed by atoms with Gasteiger partial charge in [0, 0.05) is 31.6 Å². The predicted molar refractivity (Wildman–Crippen MR) is 105 cm³/mol. The van der Waals surface area contributed by atoms with Crippen molar-refractivity contribution in [3.8, 4) is 0 Å². The van der Waals surface area contributed by atoms with E-state index in [-0.39, 0.29) is 11.8 Å². The monoisotopic (exact) mass is 352 g/mol. The Kier molecular flexibility index (Phi) is 4.96. The number of piperidine rings is 1. The molecule has 2 fully saturated rings. The van der Waals surface area contributed by atoms with Crippen molar-refractivity contribution in [2.75, 3.05) is 18.0 Å². The van der Waals surface area contributed by atoms with Crippen molar-refractivity contribution in [3.05, 3.63) is 36.9 Å². The molecule has 1 N–H and O–H groups in total. The maximum absolute atomic E-state index is 12.5. The average molecular weight is 352 g/mol. The zero-order valence-corrected chi connectivity index (χ0v) is 15.4. The van der Waals surface area contributed by atoms with E-state index in [1.807, 2.05) is 18.2 Å². The minimum Gasteiger partial charge on any atom is -0.353 e. The van der Waals surface area contributed by atoms with E-state index >= 15 is 0 Å². The van der Waals surface area contributed by atoms with E-state index in [1.165, 1.54) is 12.8 Å². The molecular weight excluding hydrogens is 324 g/mol. The fraction of sp³-hybridized carbons (Fsp3) is 0.524. The fourth-order valence-corrected chi connectivity index (χ4v) is 4.34. The lowest BCUT2D eigenvalue weighted by Crippen LogP contribution is -2.43. The lowest BCUT2D eigenvalue weighted by atomic mass is 9.95. The summed E-state index contributed by atoms with van der Waals surface area (Å²) in [6, 6.07) is 8.65. The number of nitrogens with one attached hydrogen (secondary N) is 1. The van der Waals surface area contributed by atoms with Crippen LogP contribution in [0.25, 0.3) is 11.0 Å². The molecule has 0 bridgehead atoms. The van der Waals surface area contributed by atoms with Crippen LogP contribution in [0.2, 0.25) is 0 Å². The van der Waals surface area contributed by atoms with Crippen LogP contribution in [0, 0.1) is 5.92 Å². The van der Waals surface area contributed by atoms with Gasteiger partial charge in [-0.2, -0.15) is 0 Å². The van der Waals surface area contributed by atoms with Gasteiger partial charge in [-0.15, -0.1) is 6.58 Å². The topological polar surface area (TPSA) is 50.2 Å². The Bertz CT molecular complexity index is 782. The Morgan fingerprint density at radius 2 is 1.92 bits per heavy atom. The number of benzene rings is 1. The molecule has 0 radical (unpaired) electrons. The fourth-order valence-electron chi connectivity index (χ4n) is 4.34. The molecule has 1 saturated heterocycles. The molecule has 1 aliphatic carbocycles. The van der Waals surface area contributed by atoms with Gasteiger partial charge in [0.05, 0.1) is 11.0 Å². The number of nitrogens with zero attached hydrogens (tertiary/aromatic N) is 3. The molecule has 5 heteroatoms. The number of imidazole rings is 1. The highest BCUT2D eigenvalue weighted by Crippen LogP contribution is 2.27. The van der Waals surface area contributed by atoms with Crippen molar-refractivity contribution in [3.63, 3.8) is 0 Å². The maximum Gasteiger partial charge on any atom is 0.223 e. The third-order valence-electron chi connectivity index (χ3n) is 5.80. The van der Waals surface area contributed by atoms with Crippen LogP contribution in [0.15, 0.2) is 36.9 Å². The van der Waals surface area contributed by atoms with Crippen molar-refractivity contribution in [2.24, 2.45) is 5.92 Å². The number of anilines is 1. The second kappa shape index (κ2) is 7.52. The standard InChI is InChI=1S/C21H28N4O/c1-2-13-25-19-10-6-5-9-18(19)23-21(25)24-14-11-16(12-15-24)20(26)22-17-7-3-4-8-17/h2,5-6,9-10,16-17H,1,3-4,7-8,11-15H2,(H,22,26).